The number of allylic oxidation sites excluding steroid dienone is 3. The quantitative estimate of drug-likeness (QED) is 0.481. The minimum Gasteiger partial charge on any atom is -0.423 e. The zero-order chi connectivity index (χ0) is 24.7. The van der Waals surface area contributed by atoms with Crippen LogP contribution in [-0.2, 0) is 9.53 Å². The van der Waals surface area contributed by atoms with Crippen molar-refractivity contribution in [2.75, 3.05) is 25.6 Å². The number of carbonyl (C=O) groups is 1. The summed E-state index contributed by atoms with van der Waals surface area (Å²) in [6.07, 6.45) is 10.4. The Labute approximate surface area is 203 Å². The van der Waals surface area contributed by atoms with Crippen LogP contribution in [0.2, 0.25) is 0 Å². The maximum absolute atomic E-state index is 12.5. The van der Waals surface area contributed by atoms with Gasteiger partial charge in [0.2, 0.25) is 0 Å². The van der Waals surface area contributed by atoms with Crippen LogP contribution < -0.4 is 4.90 Å². The van der Waals surface area contributed by atoms with Gasteiger partial charge in [-0.05, 0) is 66.9 Å². The Kier molecular flexibility index (Phi) is 6.63. The second-order valence-electron chi connectivity index (χ2n) is 10.8. The predicted octanol–water partition coefficient (Wildman–Crippen LogP) is 4.87. The van der Waals surface area contributed by atoms with Gasteiger partial charge in [0.15, 0.2) is 0 Å². The van der Waals surface area contributed by atoms with Gasteiger partial charge in [0, 0.05) is 31.1 Å². The van der Waals surface area contributed by atoms with Crippen LogP contribution in [0.3, 0.4) is 0 Å². The molecule has 0 spiro atoms. The molecule has 2 aliphatic carbocycles. The molecule has 1 aromatic rings. The fourth-order valence-electron chi connectivity index (χ4n) is 6.32. The summed E-state index contributed by atoms with van der Waals surface area (Å²) in [6, 6.07) is 8.06. The summed E-state index contributed by atoms with van der Waals surface area (Å²) in [5.74, 6) is 0.432. The molecule has 0 amide bonds. The molecule has 0 saturated heterocycles. The molecule has 0 radical (unpaired) electrons. The van der Waals surface area contributed by atoms with Gasteiger partial charge in [0.1, 0.15) is 5.76 Å². The zero-order valence-electron chi connectivity index (χ0n) is 20.8. The van der Waals surface area contributed by atoms with E-state index in [-0.39, 0.29) is 29.8 Å². The van der Waals surface area contributed by atoms with Gasteiger partial charge in [-0.2, -0.15) is 0 Å². The van der Waals surface area contributed by atoms with E-state index < -0.39 is 11.5 Å². The van der Waals surface area contributed by atoms with Crippen molar-refractivity contribution in [1.29, 1.82) is 0 Å². The van der Waals surface area contributed by atoms with Crippen molar-refractivity contribution < 1.29 is 19.7 Å². The summed E-state index contributed by atoms with van der Waals surface area (Å²) >= 11 is 0. The van der Waals surface area contributed by atoms with Gasteiger partial charge in [0.25, 0.3) is 0 Å². The Morgan fingerprint density at radius 1 is 1.21 bits per heavy atom. The number of carbonyl (C=O) groups excluding carboxylic acids is 1. The average Bonchev–Trinajstić information content (AvgIpc) is 3.15. The van der Waals surface area contributed by atoms with Crippen LogP contribution >= 0.6 is 0 Å². The molecular weight excluding hydrogens is 426 g/mol. The van der Waals surface area contributed by atoms with Crippen molar-refractivity contribution in [2.24, 2.45) is 22.7 Å². The van der Waals surface area contributed by atoms with E-state index in [1.54, 1.807) is 6.08 Å². The molecule has 34 heavy (non-hydrogen) atoms. The monoisotopic (exact) mass is 463 g/mol. The molecule has 5 nitrogen and oxygen atoms in total. The molecule has 3 aliphatic rings. The molecule has 5 heteroatoms. The summed E-state index contributed by atoms with van der Waals surface area (Å²) in [6.45, 7) is 8.58. The van der Waals surface area contributed by atoms with Crippen molar-refractivity contribution in [2.45, 2.75) is 45.6 Å². The third-order valence-electron chi connectivity index (χ3n) is 8.49. The number of rotatable bonds is 5. The maximum atomic E-state index is 12.5. The Hall–Kier alpha value is -2.63. The molecule has 2 N–H and O–H groups in total. The van der Waals surface area contributed by atoms with Crippen LogP contribution in [0.25, 0.3) is 6.08 Å². The summed E-state index contributed by atoms with van der Waals surface area (Å²) in [4.78, 5) is 14.6. The number of fused-ring (bicyclic) bond motifs is 1. The predicted molar refractivity (Wildman–Crippen MR) is 136 cm³/mol. The van der Waals surface area contributed by atoms with E-state index in [1.807, 2.05) is 62.3 Å². The van der Waals surface area contributed by atoms with Crippen molar-refractivity contribution in [3.8, 4) is 0 Å². The van der Waals surface area contributed by atoms with Gasteiger partial charge >= 0.3 is 5.97 Å². The maximum Gasteiger partial charge on any atom is 0.343 e. The first-order valence-corrected chi connectivity index (χ1v) is 12.2. The van der Waals surface area contributed by atoms with E-state index in [4.69, 9.17) is 4.74 Å². The third kappa shape index (κ3) is 4.27. The normalized spacial score (nSPS) is 34.8. The number of hydrogen-bond donors (Lipinski definition) is 2. The highest BCUT2D eigenvalue weighted by Crippen LogP contribution is 2.61. The molecule has 5 atom stereocenters. The van der Waals surface area contributed by atoms with E-state index in [2.05, 4.69) is 19.6 Å². The molecule has 2 fully saturated rings. The number of nitrogens with zero attached hydrogens (tertiary/aromatic N) is 1. The van der Waals surface area contributed by atoms with Crippen LogP contribution in [0.1, 0.15) is 45.1 Å². The molecular formula is C29H37NO4. The van der Waals surface area contributed by atoms with Gasteiger partial charge in [0.05, 0.1) is 18.3 Å². The lowest BCUT2D eigenvalue weighted by Gasteiger charge is -2.59. The fraction of sp³-hybridized carbons (Fsp3) is 0.483. The largest absolute Gasteiger partial charge is 0.423 e. The topological polar surface area (TPSA) is 70.0 Å². The van der Waals surface area contributed by atoms with Crippen LogP contribution in [0.4, 0.5) is 5.69 Å². The Morgan fingerprint density at radius 2 is 1.91 bits per heavy atom. The number of benzene rings is 1. The third-order valence-corrected chi connectivity index (χ3v) is 8.49. The van der Waals surface area contributed by atoms with E-state index in [0.717, 1.165) is 36.1 Å². The van der Waals surface area contributed by atoms with Crippen LogP contribution in [-0.4, -0.2) is 43.0 Å². The van der Waals surface area contributed by atoms with E-state index in [0.29, 0.717) is 17.8 Å². The van der Waals surface area contributed by atoms with Gasteiger partial charge in [-0.3, -0.25) is 0 Å². The smallest absolute Gasteiger partial charge is 0.343 e. The van der Waals surface area contributed by atoms with Crippen LogP contribution in [0.5, 0.6) is 0 Å². The van der Waals surface area contributed by atoms with E-state index in [1.165, 1.54) is 0 Å². The first-order valence-electron chi connectivity index (χ1n) is 12.2. The van der Waals surface area contributed by atoms with Crippen molar-refractivity contribution in [1.82, 2.24) is 0 Å². The lowest BCUT2D eigenvalue weighted by Crippen LogP contribution is -2.57. The standard InChI is InChI=1S/C29H37NO4/c1-19-6-13-25-28(2,15-14-26(32)29(25,3)18-31)24(19)12-9-21-17-23(34-27(21)33)16-20-7-10-22(11-8-20)30(4)5/h7-12,16-17,24-26,31-32H,1,6,13-15,18H2,2-5H3/t24?,25?,26-,28-,29+/m1/s1. The average molecular weight is 464 g/mol. The number of hydrogen-bond acceptors (Lipinski definition) is 5. The van der Waals surface area contributed by atoms with Crippen molar-refractivity contribution in [3.05, 3.63) is 71.5 Å². The van der Waals surface area contributed by atoms with Crippen molar-refractivity contribution >= 4 is 17.7 Å². The summed E-state index contributed by atoms with van der Waals surface area (Å²) < 4.78 is 5.50. The molecule has 0 aromatic heterocycles. The van der Waals surface area contributed by atoms with E-state index >= 15 is 0 Å². The number of cyclic esters (lactones) is 1. The number of aliphatic hydroxyl groups is 2. The van der Waals surface area contributed by atoms with Crippen LogP contribution in [0, 0.1) is 22.7 Å². The molecule has 0 bridgehead atoms. The second-order valence-corrected chi connectivity index (χ2v) is 10.8. The van der Waals surface area contributed by atoms with Gasteiger partial charge in [-0.15, -0.1) is 0 Å². The number of ether oxygens (including phenoxy) is 1. The molecule has 2 unspecified atom stereocenters. The first-order chi connectivity index (χ1) is 16.1. The lowest BCUT2D eigenvalue weighted by molar-refractivity contribution is -0.145. The summed E-state index contributed by atoms with van der Waals surface area (Å²) in [5.41, 5.74) is 3.10. The van der Waals surface area contributed by atoms with Gasteiger partial charge in [-0.25, -0.2) is 4.79 Å². The molecule has 1 aliphatic heterocycles. The molecule has 1 heterocycles. The van der Waals surface area contributed by atoms with Crippen molar-refractivity contribution in [3.63, 3.8) is 0 Å². The minimum atomic E-state index is -0.524. The fourth-order valence-corrected chi connectivity index (χ4v) is 6.32. The Balaban J connectivity index is 1.57. The zero-order valence-corrected chi connectivity index (χ0v) is 20.8. The van der Waals surface area contributed by atoms with Gasteiger partial charge in [-0.1, -0.05) is 50.3 Å². The second kappa shape index (κ2) is 9.20. The highest BCUT2D eigenvalue weighted by molar-refractivity contribution is 5.96. The number of esters is 1. The molecule has 1 aromatic carbocycles. The molecule has 2 saturated carbocycles. The lowest BCUT2D eigenvalue weighted by atomic mass is 9.46. The molecule has 182 valence electrons. The van der Waals surface area contributed by atoms with Gasteiger partial charge < -0.3 is 19.8 Å². The summed E-state index contributed by atoms with van der Waals surface area (Å²) in [7, 11) is 3.99. The Bertz CT molecular complexity index is 1050. The summed E-state index contributed by atoms with van der Waals surface area (Å²) in [5, 5.41) is 20.9. The number of anilines is 1. The first kappa shape index (κ1) is 24.5. The Morgan fingerprint density at radius 3 is 2.56 bits per heavy atom. The molecule has 4 rings (SSSR count). The van der Waals surface area contributed by atoms with E-state index in [9.17, 15) is 15.0 Å². The minimum absolute atomic E-state index is 0.0293. The highest BCUT2D eigenvalue weighted by atomic mass is 16.5. The number of aliphatic hydroxyl groups excluding tert-OH is 2. The highest BCUT2D eigenvalue weighted by Gasteiger charge is 2.57. The SMILES string of the molecule is C=C1CCC2[C@](C)(CC[C@@H](O)[C@@]2(C)CO)C1C=CC1=CC(=Cc2ccc(N(C)C)cc2)OC1=O. The van der Waals surface area contributed by atoms with Crippen LogP contribution in [0.15, 0.2) is 66.0 Å².